The third-order valence-electron chi connectivity index (χ3n) is 7.46. The van der Waals surface area contributed by atoms with E-state index in [0.717, 1.165) is 24.8 Å². The number of allylic oxidation sites excluding steroid dienone is 4. The molecule has 0 saturated carbocycles. The number of aliphatic hydroxyl groups excluding tert-OH is 1. The summed E-state index contributed by atoms with van der Waals surface area (Å²) in [6.07, 6.45) is 10.8. The van der Waals surface area contributed by atoms with E-state index in [-0.39, 0.29) is 5.92 Å². The Morgan fingerprint density at radius 3 is 2.55 bits per heavy atom. The van der Waals surface area contributed by atoms with Crippen LogP contribution in [-0.2, 0) is 12.8 Å². The van der Waals surface area contributed by atoms with Crippen LogP contribution in [0.3, 0.4) is 0 Å². The molecule has 1 heteroatoms. The summed E-state index contributed by atoms with van der Waals surface area (Å²) in [4.78, 5) is 0. The van der Waals surface area contributed by atoms with Crippen LogP contribution in [0.15, 0.2) is 66.3 Å². The van der Waals surface area contributed by atoms with Crippen LogP contribution in [0.5, 0.6) is 0 Å². The third kappa shape index (κ3) is 1.99. The van der Waals surface area contributed by atoms with Gasteiger partial charge in [-0.1, -0.05) is 66.8 Å². The van der Waals surface area contributed by atoms with Gasteiger partial charge in [-0.25, -0.2) is 0 Å². The summed E-state index contributed by atoms with van der Waals surface area (Å²) in [5.41, 5.74) is 11.9. The summed E-state index contributed by atoms with van der Waals surface area (Å²) in [7, 11) is 0. The van der Waals surface area contributed by atoms with Gasteiger partial charge in [-0.05, 0) is 86.6 Å². The molecule has 0 spiro atoms. The molecule has 1 nitrogen and oxygen atoms in total. The van der Waals surface area contributed by atoms with Crippen LogP contribution in [0.1, 0.15) is 52.3 Å². The average molecular weight is 374 g/mol. The van der Waals surface area contributed by atoms with Crippen LogP contribution in [0.25, 0.3) is 28.0 Å². The molecule has 0 fully saturated rings. The van der Waals surface area contributed by atoms with Gasteiger partial charge < -0.3 is 5.11 Å². The number of fused-ring (bicyclic) bond motifs is 5. The highest BCUT2D eigenvalue weighted by molar-refractivity contribution is 6.05. The van der Waals surface area contributed by atoms with Gasteiger partial charge in [-0.15, -0.1) is 0 Å². The number of aryl methyl sites for hydroxylation is 2. The van der Waals surface area contributed by atoms with E-state index >= 15 is 0 Å². The van der Waals surface area contributed by atoms with Crippen LogP contribution >= 0.6 is 0 Å². The number of benzene rings is 3. The molecule has 0 amide bonds. The van der Waals surface area contributed by atoms with Crippen molar-refractivity contribution >= 4 is 28.0 Å². The molecule has 7 rings (SSSR count). The smallest absolute Gasteiger partial charge is 0.102 e. The summed E-state index contributed by atoms with van der Waals surface area (Å²) < 4.78 is 0. The molecule has 140 valence electrons. The van der Waals surface area contributed by atoms with Gasteiger partial charge in [0.05, 0.1) is 0 Å². The monoisotopic (exact) mass is 374 g/mol. The van der Waals surface area contributed by atoms with Crippen molar-refractivity contribution in [3.05, 3.63) is 99.6 Å². The fraction of sp³-hybridized carbons (Fsp3) is 0.214. The average Bonchev–Trinajstić information content (AvgIpc) is 2.78. The minimum atomic E-state index is -0.521. The van der Waals surface area contributed by atoms with E-state index in [0.29, 0.717) is 0 Å². The lowest BCUT2D eigenvalue weighted by Crippen LogP contribution is -2.22. The van der Waals surface area contributed by atoms with Crippen molar-refractivity contribution in [2.75, 3.05) is 0 Å². The molecule has 0 heterocycles. The molecule has 4 aliphatic carbocycles. The van der Waals surface area contributed by atoms with Gasteiger partial charge in [0.1, 0.15) is 6.10 Å². The Labute approximate surface area is 170 Å². The van der Waals surface area contributed by atoms with E-state index in [2.05, 4.69) is 66.8 Å². The molecular weight excluding hydrogens is 352 g/mol. The van der Waals surface area contributed by atoms with Crippen LogP contribution in [-0.4, -0.2) is 5.11 Å². The second-order valence-electron chi connectivity index (χ2n) is 8.81. The van der Waals surface area contributed by atoms with E-state index < -0.39 is 6.10 Å². The number of aliphatic hydroxyl groups is 1. The molecule has 0 saturated heterocycles. The summed E-state index contributed by atoms with van der Waals surface area (Å²) in [5, 5.41) is 14.4. The molecule has 0 aromatic heterocycles. The Morgan fingerprint density at radius 2 is 1.66 bits per heavy atom. The van der Waals surface area contributed by atoms with Crippen molar-refractivity contribution in [3.8, 4) is 0 Å². The molecule has 0 bridgehead atoms. The molecule has 0 radical (unpaired) electrons. The molecule has 2 unspecified atom stereocenters. The van der Waals surface area contributed by atoms with Crippen LogP contribution in [0, 0.1) is 5.92 Å². The first kappa shape index (κ1) is 16.0. The number of hydrogen-bond donors (Lipinski definition) is 1. The Hall–Kier alpha value is -2.90. The Bertz CT molecular complexity index is 1310. The topological polar surface area (TPSA) is 20.2 Å². The fourth-order valence-corrected chi connectivity index (χ4v) is 6.20. The second-order valence-corrected chi connectivity index (χ2v) is 8.81. The van der Waals surface area contributed by atoms with Crippen molar-refractivity contribution in [2.45, 2.75) is 31.8 Å². The van der Waals surface area contributed by atoms with Crippen molar-refractivity contribution in [1.29, 1.82) is 0 Å². The minimum Gasteiger partial charge on any atom is -0.384 e. The van der Waals surface area contributed by atoms with Crippen LogP contribution in [0.4, 0.5) is 0 Å². The van der Waals surface area contributed by atoms with Crippen LogP contribution < -0.4 is 0 Å². The first-order chi connectivity index (χ1) is 14.3. The lowest BCUT2D eigenvalue weighted by molar-refractivity contribution is 0.210. The van der Waals surface area contributed by atoms with Gasteiger partial charge in [-0.2, -0.15) is 0 Å². The highest BCUT2D eigenvalue weighted by atomic mass is 16.3. The molecule has 4 aliphatic rings. The van der Waals surface area contributed by atoms with Crippen LogP contribution in [0.2, 0.25) is 0 Å². The predicted molar refractivity (Wildman–Crippen MR) is 119 cm³/mol. The van der Waals surface area contributed by atoms with Gasteiger partial charge in [0.15, 0.2) is 0 Å². The Kier molecular flexibility index (Phi) is 3.07. The van der Waals surface area contributed by atoms with E-state index in [9.17, 15) is 5.11 Å². The maximum atomic E-state index is 11.6. The minimum absolute atomic E-state index is 0.166. The van der Waals surface area contributed by atoms with Crippen molar-refractivity contribution in [1.82, 2.24) is 0 Å². The maximum absolute atomic E-state index is 11.6. The zero-order valence-corrected chi connectivity index (χ0v) is 16.3. The molecule has 3 aromatic carbocycles. The quantitative estimate of drug-likeness (QED) is 0.492. The zero-order valence-electron chi connectivity index (χ0n) is 16.3. The molecule has 0 aliphatic heterocycles. The van der Waals surface area contributed by atoms with E-state index in [1.165, 1.54) is 61.7 Å². The first-order valence-corrected chi connectivity index (χ1v) is 10.8. The van der Waals surface area contributed by atoms with E-state index in [4.69, 9.17) is 0 Å². The molecule has 3 aromatic rings. The first-order valence-electron chi connectivity index (χ1n) is 10.8. The van der Waals surface area contributed by atoms with E-state index in [1.807, 2.05) is 0 Å². The van der Waals surface area contributed by atoms with Crippen molar-refractivity contribution in [3.63, 3.8) is 0 Å². The zero-order chi connectivity index (χ0) is 19.1. The van der Waals surface area contributed by atoms with Gasteiger partial charge in [0.25, 0.3) is 0 Å². The van der Waals surface area contributed by atoms with Gasteiger partial charge in [0.2, 0.25) is 0 Å². The standard InChI is InChI=1S/C28H22O/c29-28-24-13-10-18-6-3-5-17-9-12-22(26(24)25(17)18)23-15-14-20-19-7-2-1-4-16(19)8-11-21(20)27(23)28/h1-2,4,7-14,21,28-29H,3,5-6,15H2. The molecule has 2 atom stereocenters. The maximum Gasteiger partial charge on any atom is 0.102 e. The normalized spacial score (nSPS) is 23.4. The summed E-state index contributed by atoms with van der Waals surface area (Å²) in [6, 6.07) is 17.8. The molecule has 29 heavy (non-hydrogen) atoms. The molecular formula is C28H22O. The molecule has 1 N–H and O–H groups in total. The summed E-state index contributed by atoms with van der Waals surface area (Å²) in [5.74, 6) is 0.166. The summed E-state index contributed by atoms with van der Waals surface area (Å²) in [6.45, 7) is 0. The second kappa shape index (κ2) is 5.58. The Morgan fingerprint density at radius 1 is 0.828 bits per heavy atom. The fourth-order valence-electron chi connectivity index (χ4n) is 6.20. The third-order valence-corrected chi connectivity index (χ3v) is 7.46. The number of hydrogen-bond acceptors (Lipinski definition) is 1. The Balaban J connectivity index is 1.49. The van der Waals surface area contributed by atoms with E-state index in [1.54, 1.807) is 0 Å². The lowest BCUT2D eigenvalue weighted by Gasteiger charge is -2.38. The van der Waals surface area contributed by atoms with Crippen molar-refractivity contribution in [2.24, 2.45) is 5.92 Å². The van der Waals surface area contributed by atoms with Crippen molar-refractivity contribution < 1.29 is 5.11 Å². The highest BCUT2D eigenvalue weighted by Crippen LogP contribution is 2.54. The highest BCUT2D eigenvalue weighted by Gasteiger charge is 2.37. The number of rotatable bonds is 0. The van der Waals surface area contributed by atoms with Gasteiger partial charge >= 0.3 is 0 Å². The summed E-state index contributed by atoms with van der Waals surface area (Å²) >= 11 is 0. The SMILES string of the molecule is OC1C2=C(CC=C3c4ccccc4C=CC32)c2ccc3c4c(ccc1c24)CCC3. The lowest BCUT2D eigenvalue weighted by atomic mass is 9.67. The largest absolute Gasteiger partial charge is 0.384 e. The van der Waals surface area contributed by atoms with Gasteiger partial charge in [-0.3, -0.25) is 0 Å². The predicted octanol–water partition coefficient (Wildman–Crippen LogP) is 6.26. The van der Waals surface area contributed by atoms with Gasteiger partial charge in [0, 0.05) is 5.92 Å².